The predicted octanol–water partition coefficient (Wildman–Crippen LogP) is 7.04. The van der Waals surface area contributed by atoms with Crippen molar-refractivity contribution in [3.05, 3.63) is 0 Å². The van der Waals surface area contributed by atoms with Gasteiger partial charge in [-0.3, -0.25) is 0 Å². The molecule has 2 rings (SSSR count). The molecular weight excluding hydrogens is 264 g/mol. The highest BCUT2D eigenvalue weighted by atomic mass is 14.5. The van der Waals surface area contributed by atoms with Crippen molar-refractivity contribution in [2.24, 2.45) is 53.3 Å². The van der Waals surface area contributed by atoms with Gasteiger partial charge in [0.05, 0.1) is 0 Å². The molecule has 0 spiro atoms. The fourth-order valence-corrected chi connectivity index (χ4v) is 6.08. The molecule has 6 atom stereocenters. The maximum atomic E-state index is 2.64. The summed E-state index contributed by atoms with van der Waals surface area (Å²) in [4.78, 5) is 0. The Balaban J connectivity index is 2.16. The SMILES string of the molecule is CC1CCC(C(C)C)C(C(C)C2CC(C)CCC2C(C)C)C1. The average Bonchev–Trinajstić information content (AvgIpc) is 2.45. The van der Waals surface area contributed by atoms with Crippen LogP contribution in [0.2, 0.25) is 0 Å². The van der Waals surface area contributed by atoms with Gasteiger partial charge in [0.25, 0.3) is 0 Å². The van der Waals surface area contributed by atoms with Crippen LogP contribution in [-0.2, 0) is 0 Å². The van der Waals surface area contributed by atoms with E-state index in [1.54, 1.807) is 0 Å². The molecule has 0 nitrogen and oxygen atoms in total. The maximum absolute atomic E-state index is 2.64. The molecule has 0 aliphatic heterocycles. The third kappa shape index (κ3) is 4.09. The van der Waals surface area contributed by atoms with Crippen LogP contribution >= 0.6 is 0 Å². The van der Waals surface area contributed by atoms with Gasteiger partial charge in [-0.15, -0.1) is 0 Å². The lowest BCUT2D eigenvalue weighted by molar-refractivity contribution is 0.0150. The summed E-state index contributed by atoms with van der Waals surface area (Å²) in [5.74, 6) is 8.54. The summed E-state index contributed by atoms with van der Waals surface area (Å²) in [5.41, 5.74) is 0. The van der Waals surface area contributed by atoms with Crippen molar-refractivity contribution in [2.45, 2.75) is 87.0 Å². The van der Waals surface area contributed by atoms with Crippen molar-refractivity contribution in [3.8, 4) is 0 Å². The lowest BCUT2D eigenvalue weighted by atomic mass is 9.57. The van der Waals surface area contributed by atoms with Crippen LogP contribution in [0.25, 0.3) is 0 Å². The fraction of sp³-hybridized carbons (Fsp3) is 1.00. The number of rotatable bonds is 4. The smallest absolute Gasteiger partial charge is 0.0352 e. The van der Waals surface area contributed by atoms with Gasteiger partial charge in [0, 0.05) is 0 Å². The van der Waals surface area contributed by atoms with E-state index in [4.69, 9.17) is 0 Å². The van der Waals surface area contributed by atoms with Crippen molar-refractivity contribution < 1.29 is 0 Å². The molecule has 0 saturated heterocycles. The lowest BCUT2D eigenvalue weighted by Crippen LogP contribution is -2.40. The van der Waals surface area contributed by atoms with E-state index in [2.05, 4.69) is 48.5 Å². The predicted molar refractivity (Wildman–Crippen MR) is 98.8 cm³/mol. The average molecular weight is 307 g/mol. The summed E-state index contributed by atoms with van der Waals surface area (Å²) in [6.07, 6.45) is 8.92. The van der Waals surface area contributed by atoms with E-state index in [1.165, 1.54) is 38.5 Å². The van der Waals surface area contributed by atoms with E-state index in [-0.39, 0.29) is 0 Å². The topological polar surface area (TPSA) is 0 Å². The zero-order valence-electron chi connectivity index (χ0n) is 16.4. The minimum atomic E-state index is 0.874. The Kier molecular flexibility index (Phi) is 6.43. The van der Waals surface area contributed by atoms with Gasteiger partial charge in [-0.1, -0.05) is 61.3 Å². The molecule has 2 fully saturated rings. The van der Waals surface area contributed by atoms with E-state index >= 15 is 0 Å². The van der Waals surface area contributed by atoms with Crippen molar-refractivity contribution in [1.82, 2.24) is 0 Å². The summed E-state index contributed by atoms with van der Waals surface area (Å²) in [6, 6.07) is 0. The lowest BCUT2D eigenvalue weighted by Gasteiger charge is -2.48. The Morgan fingerprint density at radius 1 is 0.545 bits per heavy atom. The van der Waals surface area contributed by atoms with Gasteiger partial charge in [0.15, 0.2) is 0 Å². The van der Waals surface area contributed by atoms with Gasteiger partial charge in [-0.05, 0) is 78.9 Å². The summed E-state index contributed by atoms with van der Waals surface area (Å²) < 4.78 is 0. The number of hydrogen-bond acceptors (Lipinski definition) is 0. The van der Waals surface area contributed by atoms with E-state index in [9.17, 15) is 0 Å². The van der Waals surface area contributed by atoms with Crippen LogP contribution in [0.5, 0.6) is 0 Å². The largest absolute Gasteiger partial charge is 0.0625 e. The monoisotopic (exact) mass is 306 g/mol. The molecule has 2 aliphatic rings. The highest BCUT2D eigenvalue weighted by molar-refractivity contribution is 4.91. The Hall–Kier alpha value is 0. The molecule has 0 aromatic heterocycles. The Morgan fingerprint density at radius 2 is 0.909 bits per heavy atom. The molecule has 0 bridgehead atoms. The molecule has 2 saturated carbocycles. The van der Waals surface area contributed by atoms with E-state index < -0.39 is 0 Å². The van der Waals surface area contributed by atoms with Crippen LogP contribution in [0.15, 0.2) is 0 Å². The molecule has 0 heteroatoms. The summed E-state index contributed by atoms with van der Waals surface area (Å²) in [6.45, 7) is 17.5. The molecule has 22 heavy (non-hydrogen) atoms. The minimum absolute atomic E-state index is 0.874. The van der Waals surface area contributed by atoms with Crippen LogP contribution in [-0.4, -0.2) is 0 Å². The maximum Gasteiger partial charge on any atom is -0.0352 e. The van der Waals surface area contributed by atoms with Gasteiger partial charge >= 0.3 is 0 Å². The van der Waals surface area contributed by atoms with E-state index in [0.717, 1.165) is 53.3 Å². The fourth-order valence-electron chi connectivity index (χ4n) is 6.08. The first-order valence-electron chi connectivity index (χ1n) is 10.3. The van der Waals surface area contributed by atoms with Crippen LogP contribution < -0.4 is 0 Å². The summed E-state index contributed by atoms with van der Waals surface area (Å²) in [7, 11) is 0. The van der Waals surface area contributed by atoms with Crippen molar-refractivity contribution in [1.29, 1.82) is 0 Å². The molecule has 0 aromatic rings. The van der Waals surface area contributed by atoms with Gasteiger partial charge in [-0.25, -0.2) is 0 Å². The summed E-state index contributed by atoms with van der Waals surface area (Å²) in [5, 5.41) is 0. The second-order valence-electron chi connectivity index (χ2n) is 9.84. The quantitative estimate of drug-likeness (QED) is 0.522. The Morgan fingerprint density at radius 3 is 1.23 bits per heavy atom. The second-order valence-corrected chi connectivity index (χ2v) is 9.84. The molecule has 0 heterocycles. The molecule has 0 aromatic carbocycles. The van der Waals surface area contributed by atoms with E-state index in [0.29, 0.717) is 0 Å². The summed E-state index contributed by atoms with van der Waals surface area (Å²) >= 11 is 0. The van der Waals surface area contributed by atoms with Crippen LogP contribution in [0.1, 0.15) is 87.0 Å². The molecule has 2 aliphatic carbocycles. The molecule has 6 unspecified atom stereocenters. The highest BCUT2D eigenvalue weighted by Crippen LogP contribution is 2.50. The second kappa shape index (κ2) is 7.71. The highest BCUT2D eigenvalue weighted by Gasteiger charge is 2.41. The zero-order chi connectivity index (χ0) is 16.4. The normalized spacial score (nSPS) is 41.9. The van der Waals surface area contributed by atoms with Crippen molar-refractivity contribution in [3.63, 3.8) is 0 Å². The standard InChI is InChI=1S/C22H42/c1-14(2)19-10-8-16(5)12-21(19)18(7)22-13-17(6)9-11-20(22)15(3)4/h14-22H,8-13H2,1-7H3. The van der Waals surface area contributed by atoms with Crippen molar-refractivity contribution >= 4 is 0 Å². The first-order chi connectivity index (χ1) is 10.3. The molecule has 0 amide bonds. The van der Waals surface area contributed by atoms with E-state index in [1.807, 2.05) is 0 Å². The Bertz CT molecular complexity index is 297. The molecular formula is C22H42. The van der Waals surface area contributed by atoms with Crippen molar-refractivity contribution in [2.75, 3.05) is 0 Å². The zero-order valence-corrected chi connectivity index (χ0v) is 16.4. The number of hydrogen-bond donors (Lipinski definition) is 0. The first-order valence-corrected chi connectivity index (χ1v) is 10.3. The van der Waals surface area contributed by atoms with Crippen LogP contribution in [0.4, 0.5) is 0 Å². The van der Waals surface area contributed by atoms with Gasteiger partial charge < -0.3 is 0 Å². The minimum Gasteiger partial charge on any atom is -0.0625 e. The van der Waals surface area contributed by atoms with Crippen LogP contribution in [0.3, 0.4) is 0 Å². The van der Waals surface area contributed by atoms with Crippen LogP contribution in [0, 0.1) is 53.3 Å². The third-order valence-electron chi connectivity index (χ3n) is 7.50. The van der Waals surface area contributed by atoms with Gasteiger partial charge in [0.1, 0.15) is 0 Å². The Labute approximate surface area is 140 Å². The third-order valence-corrected chi connectivity index (χ3v) is 7.50. The van der Waals surface area contributed by atoms with Gasteiger partial charge in [0.2, 0.25) is 0 Å². The molecule has 0 N–H and O–H groups in total. The first kappa shape index (κ1) is 18.3. The molecule has 0 radical (unpaired) electrons. The molecule has 130 valence electrons. The van der Waals surface area contributed by atoms with Gasteiger partial charge in [-0.2, -0.15) is 0 Å².